The quantitative estimate of drug-likeness (QED) is 0.716. The first kappa shape index (κ1) is 14.5. The van der Waals surface area contributed by atoms with Crippen molar-refractivity contribution in [3.05, 3.63) is 0 Å². The lowest BCUT2D eigenvalue weighted by Gasteiger charge is -2.27. The number of rotatable bonds is 1. The number of nitrogens with zero attached hydrogens (tertiary/aromatic N) is 2. The zero-order valence-corrected chi connectivity index (χ0v) is 11.2. The molecule has 1 rings (SSSR count). The summed E-state index contributed by atoms with van der Waals surface area (Å²) >= 11 is 0. The first-order valence-electron chi connectivity index (χ1n) is 6.21. The second-order valence-corrected chi connectivity index (χ2v) is 5.56. The van der Waals surface area contributed by atoms with E-state index in [1.807, 2.05) is 6.07 Å². The highest BCUT2D eigenvalue weighted by Gasteiger charge is 2.29. The van der Waals surface area contributed by atoms with Crippen LogP contribution in [0, 0.1) is 17.2 Å². The molecular weight excluding hydrogens is 232 g/mol. The molecule has 1 heterocycles. The topological polar surface area (TPSA) is 70.4 Å². The van der Waals surface area contributed by atoms with Gasteiger partial charge in [-0.2, -0.15) is 5.26 Å². The van der Waals surface area contributed by atoms with E-state index in [1.54, 1.807) is 20.8 Å². The molecule has 1 aliphatic heterocycles. The standard InChI is InChI=1S/C13H20N2O3/c1-13(2,3)18-12(17)15-8-4-5-11(16)10(9-15)6-7-14/h10H,4-6,8-9H2,1-3H3. The molecule has 0 aromatic rings. The van der Waals surface area contributed by atoms with E-state index in [-0.39, 0.29) is 18.1 Å². The number of hydrogen-bond donors (Lipinski definition) is 0. The predicted octanol–water partition coefficient (Wildman–Crippen LogP) is 2.12. The Bertz CT molecular complexity index is 365. The average Bonchev–Trinajstić information content (AvgIpc) is 2.40. The summed E-state index contributed by atoms with van der Waals surface area (Å²) in [6.07, 6.45) is 0.837. The molecule has 1 unspecified atom stereocenters. The summed E-state index contributed by atoms with van der Waals surface area (Å²) in [5.74, 6) is -0.298. The van der Waals surface area contributed by atoms with Crippen LogP contribution in [0.5, 0.6) is 0 Å². The molecule has 1 saturated heterocycles. The van der Waals surface area contributed by atoms with Gasteiger partial charge in [-0.05, 0) is 27.2 Å². The van der Waals surface area contributed by atoms with Crippen molar-refractivity contribution in [2.24, 2.45) is 5.92 Å². The maximum absolute atomic E-state index is 11.9. The van der Waals surface area contributed by atoms with Crippen LogP contribution in [-0.2, 0) is 9.53 Å². The first-order valence-corrected chi connectivity index (χ1v) is 6.21. The van der Waals surface area contributed by atoms with Crippen molar-refractivity contribution in [2.75, 3.05) is 13.1 Å². The van der Waals surface area contributed by atoms with Crippen LogP contribution in [-0.4, -0.2) is 35.5 Å². The minimum atomic E-state index is -0.544. The number of Topliss-reactive ketones (excluding diaryl/α,β-unsaturated/α-hetero) is 1. The molecule has 100 valence electrons. The summed E-state index contributed by atoms with van der Waals surface area (Å²) in [5.41, 5.74) is -0.544. The highest BCUT2D eigenvalue weighted by Crippen LogP contribution is 2.18. The van der Waals surface area contributed by atoms with E-state index in [9.17, 15) is 9.59 Å². The van der Waals surface area contributed by atoms with E-state index >= 15 is 0 Å². The Balaban J connectivity index is 2.68. The molecule has 0 N–H and O–H groups in total. The molecule has 0 aliphatic carbocycles. The molecule has 0 aromatic heterocycles. The normalized spacial score (nSPS) is 21.1. The Morgan fingerprint density at radius 1 is 1.56 bits per heavy atom. The van der Waals surface area contributed by atoms with Gasteiger partial charge in [-0.3, -0.25) is 4.79 Å². The molecule has 18 heavy (non-hydrogen) atoms. The van der Waals surface area contributed by atoms with E-state index in [1.165, 1.54) is 4.90 Å². The summed E-state index contributed by atoms with van der Waals surface area (Å²) in [6, 6.07) is 2.00. The van der Waals surface area contributed by atoms with Gasteiger partial charge in [0.2, 0.25) is 0 Å². The SMILES string of the molecule is CC(C)(C)OC(=O)N1CCCC(=O)C(CC#N)C1. The third-order valence-electron chi connectivity index (χ3n) is 2.74. The van der Waals surface area contributed by atoms with Gasteiger partial charge in [0.15, 0.2) is 0 Å². The maximum Gasteiger partial charge on any atom is 0.410 e. The molecule has 1 amide bonds. The van der Waals surface area contributed by atoms with Gasteiger partial charge in [0.1, 0.15) is 11.4 Å². The number of carbonyl (C=O) groups is 2. The summed E-state index contributed by atoms with van der Waals surface area (Å²) in [5, 5.41) is 8.70. The van der Waals surface area contributed by atoms with E-state index in [0.29, 0.717) is 25.9 Å². The third kappa shape index (κ3) is 4.36. The zero-order chi connectivity index (χ0) is 13.8. The summed E-state index contributed by atoms with van der Waals surface area (Å²) < 4.78 is 5.29. The smallest absolute Gasteiger partial charge is 0.410 e. The molecule has 1 aliphatic rings. The number of likely N-dealkylation sites (tertiary alicyclic amines) is 1. The van der Waals surface area contributed by atoms with Crippen LogP contribution in [0.3, 0.4) is 0 Å². The van der Waals surface area contributed by atoms with Crippen molar-refractivity contribution in [1.29, 1.82) is 5.26 Å². The lowest BCUT2D eigenvalue weighted by atomic mass is 9.99. The Morgan fingerprint density at radius 2 is 2.22 bits per heavy atom. The van der Waals surface area contributed by atoms with Crippen molar-refractivity contribution in [3.63, 3.8) is 0 Å². The fourth-order valence-corrected chi connectivity index (χ4v) is 1.89. The van der Waals surface area contributed by atoms with E-state index in [0.717, 1.165) is 0 Å². The largest absolute Gasteiger partial charge is 0.444 e. The second kappa shape index (κ2) is 5.85. The number of hydrogen-bond acceptors (Lipinski definition) is 4. The molecule has 5 nitrogen and oxygen atoms in total. The monoisotopic (exact) mass is 252 g/mol. The Hall–Kier alpha value is -1.57. The number of ether oxygens (including phenoxy) is 1. The average molecular weight is 252 g/mol. The van der Waals surface area contributed by atoms with E-state index in [4.69, 9.17) is 10.00 Å². The molecule has 1 fully saturated rings. The van der Waals surface area contributed by atoms with Crippen molar-refractivity contribution >= 4 is 11.9 Å². The fourth-order valence-electron chi connectivity index (χ4n) is 1.89. The van der Waals surface area contributed by atoms with E-state index in [2.05, 4.69) is 0 Å². The summed E-state index contributed by atoms with van der Waals surface area (Å²) in [7, 11) is 0. The molecule has 0 bridgehead atoms. The van der Waals surface area contributed by atoms with Gasteiger partial charge in [0, 0.05) is 31.8 Å². The van der Waals surface area contributed by atoms with Gasteiger partial charge in [-0.1, -0.05) is 0 Å². The second-order valence-electron chi connectivity index (χ2n) is 5.56. The molecule has 1 atom stereocenters. The van der Waals surface area contributed by atoms with Crippen molar-refractivity contribution in [2.45, 2.75) is 45.6 Å². The van der Waals surface area contributed by atoms with Crippen LogP contribution >= 0.6 is 0 Å². The Morgan fingerprint density at radius 3 is 2.78 bits per heavy atom. The predicted molar refractivity (Wildman–Crippen MR) is 65.8 cm³/mol. The number of ketones is 1. The summed E-state index contributed by atoms with van der Waals surface area (Å²) in [6.45, 7) is 6.23. The van der Waals surface area contributed by atoms with Crippen LogP contribution in [0.4, 0.5) is 4.79 Å². The minimum absolute atomic E-state index is 0.0719. The van der Waals surface area contributed by atoms with Crippen molar-refractivity contribution in [3.8, 4) is 6.07 Å². The van der Waals surface area contributed by atoms with Crippen molar-refractivity contribution in [1.82, 2.24) is 4.90 Å². The molecular formula is C13H20N2O3. The van der Waals surface area contributed by atoms with Crippen molar-refractivity contribution < 1.29 is 14.3 Å². The lowest BCUT2D eigenvalue weighted by molar-refractivity contribution is -0.122. The summed E-state index contributed by atoms with van der Waals surface area (Å²) in [4.78, 5) is 25.2. The van der Waals surface area contributed by atoms with Crippen LogP contribution in [0.1, 0.15) is 40.0 Å². The van der Waals surface area contributed by atoms with Crippen LogP contribution in [0.2, 0.25) is 0 Å². The lowest BCUT2D eigenvalue weighted by Crippen LogP contribution is -2.39. The van der Waals surface area contributed by atoms with E-state index < -0.39 is 11.7 Å². The maximum atomic E-state index is 11.9. The number of nitriles is 1. The highest BCUT2D eigenvalue weighted by molar-refractivity contribution is 5.82. The number of amides is 1. The van der Waals surface area contributed by atoms with Gasteiger partial charge in [-0.25, -0.2) is 4.79 Å². The van der Waals surface area contributed by atoms with Crippen LogP contribution in [0.25, 0.3) is 0 Å². The first-order chi connectivity index (χ1) is 8.33. The number of carbonyl (C=O) groups excluding carboxylic acids is 2. The molecule has 0 saturated carbocycles. The fraction of sp³-hybridized carbons (Fsp3) is 0.769. The minimum Gasteiger partial charge on any atom is -0.444 e. The Kier molecular flexibility index (Phi) is 4.71. The van der Waals surface area contributed by atoms with Gasteiger partial charge in [0.25, 0.3) is 0 Å². The van der Waals surface area contributed by atoms with Crippen LogP contribution < -0.4 is 0 Å². The molecule has 0 spiro atoms. The van der Waals surface area contributed by atoms with Gasteiger partial charge < -0.3 is 9.64 Å². The van der Waals surface area contributed by atoms with Gasteiger partial charge in [0.05, 0.1) is 6.07 Å². The Labute approximate surface area is 108 Å². The molecule has 0 radical (unpaired) electrons. The molecule has 5 heteroatoms. The van der Waals surface area contributed by atoms with Gasteiger partial charge in [-0.15, -0.1) is 0 Å². The molecule has 0 aromatic carbocycles. The third-order valence-corrected chi connectivity index (χ3v) is 2.74. The van der Waals surface area contributed by atoms with Gasteiger partial charge >= 0.3 is 6.09 Å². The van der Waals surface area contributed by atoms with Crippen LogP contribution in [0.15, 0.2) is 0 Å². The highest BCUT2D eigenvalue weighted by atomic mass is 16.6. The zero-order valence-electron chi connectivity index (χ0n) is 11.2.